The zero-order valence-corrected chi connectivity index (χ0v) is 7.77. The summed E-state index contributed by atoms with van der Waals surface area (Å²) in [5.41, 5.74) is 5.27. The van der Waals surface area contributed by atoms with Crippen LogP contribution in [0.3, 0.4) is 0 Å². The van der Waals surface area contributed by atoms with Gasteiger partial charge in [-0.1, -0.05) is 0 Å². The van der Waals surface area contributed by atoms with Gasteiger partial charge >= 0.3 is 0 Å². The number of hydrogen-bond acceptors (Lipinski definition) is 5. The van der Waals surface area contributed by atoms with Gasteiger partial charge in [-0.05, 0) is 19.3 Å². The van der Waals surface area contributed by atoms with Gasteiger partial charge in [0.25, 0.3) is 11.8 Å². The molecule has 14 heavy (non-hydrogen) atoms. The van der Waals surface area contributed by atoms with Crippen LogP contribution in [0.1, 0.15) is 29.8 Å². The molecule has 2 heterocycles. The van der Waals surface area contributed by atoms with Crippen LogP contribution in [-0.2, 0) is 0 Å². The Bertz CT molecular complexity index is 330. The van der Waals surface area contributed by atoms with Gasteiger partial charge in [0.1, 0.15) is 0 Å². The number of amides is 1. The third-order valence-corrected chi connectivity index (χ3v) is 2.35. The Balaban J connectivity index is 2.21. The molecule has 0 radical (unpaired) electrons. The standard InChI is InChI=1S/C8H12N4O2/c9-7(13)6-8(14-11-10-6)12-4-2-1-3-5-12/h1-5H2,(H2,9,13). The highest BCUT2D eigenvalue weighted by molar-refractivity contribution is 5.95. The number of carbonyl (C=O) groups excluding carboxylic acids is 1. The van der Waals surface area contributed by atoms with E-state index in [1.165, 1.54) is 6.42 Å². The molecule has 0 unspecified atom stereocenters. The molecule has 0 atom stereocenters. The Morgan fingerprint density at radius 2 is 2.07 bits per heavy atom. The summed E-state index contributed by atoms with van der Waals surface area (Å²) >= 11 is 0. The summed E-state index contributed by atoms with van der Waals surface area (Å²) in [6, 6.07) is 0. The van der Waals surface area contributed by atoms with Gasteiger partial charge in [0, 0.05) is 18.4 Å². The summed E-state index contributed by atoms with van der Waals surface area (Å²) in [6.45, 7) is 1.74. The number of piperidine rings is 1. The number of carbonyl (C=O) groups is 1. The van der Waals surface area contributed by atoms with Gasteiger partial charge in [0.2, 0.25) is 5.69 Å². The molecule has 0 aliphatic carbocycles. The van der Waals surface area contributed by atoms with Gasteiger partial charge in [-0.15, -0.1) is 5.10 Å². The highest BCUT2D eigenvalue weighted by atomic mass is 16.5. The maximum atomic E-state index is 11.0. The lowest BCUT2D eigenvalue weighted by Crippen LogP contribution is -2.31. The second-order valence-corrected chi connectivity index (χ2v) is 3.34. The minimum atomic E-state index is -0.591. The van der Waals surface area contributed by atoms with Crippen molar-refractivity contribution in [3.63, 3.8) is 0 Å². The number of nitrogens with zero attached hydrogens (tertiary/aromatic N) is 3. The van der Waals surface area contributed by atoms with Crippen molar-refractivity contribution in [3.8, 4) is 0 Å². The number of nitrogens with two attached hydrogens (primary N) is 1. The summed E-state index contributed by atoms with van der Waals surface area (Å²) in [6.07, 6.45) is 3.40. The largest absolute Gasteiger partial charge is 0.364 e. The van der Waals surface area contributed by atoms with Crippen molar-refractivity contribution in [1.29, 1.82) is 0 Å². The lowest BCUT2D eigenvalue weighted by molar-refractivity contribution is 0.0996. The summed E-state index contributed by atoms with van der Waals surface area (Å²) in [4.78, 5) is 12.9. The van der Waals surface area contributed by atoms with E-state index in [4.69, 9.17) is 10.3 Å². The van der Waals surface area contributed by atoms with Crippen LogP contribution in [-0.4, -0.2) is 29.4 Å². The zero-order chi connectivity index (χ0) is 9.97. The highest BCUT2D eigenvalue weighted by Gasteiger charge is 2.22. The molecule has 1 saturated heterocycles. The smallest absolute Gasteiger partial charge is 0.275 e. The topological polar surface area (TPSA) is 85.2 Å². The van der Waals surface area contributed by atoms with Crippen molar-refractivity contribution in [2.45, 2.75) is 19.3 Å². The van der Waals surface area contributed by atoms with Crippen molar-refractivity contribution in [3.05, 3.63) is 5.69 Å². The monoisotopic (exact) mass is 196 g/mol. The van der Waals surface area contributed by atoms with Gasteiger partial charge in [-0.3, -0.25) is 4.79 Å². The van der Waals surface area contributed by atoms with Crippen LogP contribution in [0.15, 0.2) is 4.52 Å². The minimum absolute atomic E-state index is 0.131. The maximum Gasteiger partial charge on any atom is 0.275 e. The molecule has 0 bridgehead atoms. The lowest BCUT2D eigenvalue weighted by Gasteiger charge is -2.25. The van der Waals surface area contributed by atoms with E-state index in [0.717, 1.165) is 25.9 Å². The van der Waals surface area contributed by atoms with Crippen LogP contribution >= 0.6 is 0 Å². The molecule has 1 aliphatic heterocycles. The Hall–Kier alpha value is -1.59. The molecule has 1 aliphatic rings. The molecule has 0 aromatic carbocycles. The SMILES string of the molecule is NC(=O)c1nnoc1N1CCCCC1. The predicted octanol–water partition coefficient (Wildman–Crippen LogP) is 0.159. The predicted molar refractivity (Wildman–Crippen MR) is 48.9 cm³/mol. The van der Waals surface area contributed by atoms with Gasteiger partial charge in [-0.25, -0.2) is 0 Å². The van der Waals surface area contributed by atoms with Crippen molar-refractivity contribution < 1.29 is 9.32 Å². The number of anilines is 1. The number of hydrogen-bond donors (Lipinski definition) is 1. The van der Waals surface area contributed by atoms with Crippen molar-refractivity contribution in [2.24, 2.45) is 5.73 Å². The highest BCUT2D eigenvalue weighted by Crippen LogP contribution is 2.21. The van der Waals surface area contributed by atoms with E-state index in [-0.39, 0.29) is 5.69 Å². The Labute approximate surface area is 81.0 Å². The van der Waals surface area contributed by atoms with Gasteiger partial charge < -0.3 is 15.2 Å². The molecule has 6 nitrogen and oxygen atoms in total. The molecule has 6 heteroatoms. The summed E-state index contributed by atoms with van der Waals surface area (Å²) in [5.74, 6) is -0.177. The number of rotatable bonds is 2. The fourth-order valence-corrected chi connectivity index (χ4v) is 1.65. The summed E-state index contributed by atoms with van der Waals surface area (Å²) in [5, 5.41) is 6.91. The first-order valence-corrected chi connectivity index (χ1v) is 4.66. The quantitative estimate of drug-likeness (QED) is 0.728. The van der Waals surface area contributed by atoms with Crippen molar-refractivity contribution in [1.82, 2.24) is 10.4 Å². The third kappa shape index (κ3) is 1.55. The molecule has 2 rings (SSSR count). The first kappa shape index (κ1) is 8.98. The van der Waals surface area contributed by atoms with E-state index in [9.17, 15) is 4.79 Å². The van der Waals surface area contributed by atoms with Crippen LogP contribution in [0.5, 0.6) is 0 Å². The van der Waals surface area contributed by atoms with Crippen LogP contribution in [0.25, 0.3) is 0 Å². The van der Waals surface area contributed by atoms with Gasteiger partial charge in [-0.2, -0.15) is 0 Å². The van der Waals surface area contributed by atoms with Crippen LogP contribution in [0.2, 0.25) is 0 Å². The average Bonchev–Trinajstić information content (AvgIpc) is 2.67. The van der Waals surface area contributed by atoms with E-state index in [1.54, 1.807) is 0 Å². The molecule has 1 fully saturated rings. The number of primary amides is 1. The van der Waals surface area contributed by atoms with E-state index >= 15 is 0 Å². The normalized spacial score (nSPS) is 17.0. The molecular weight excluding hydrogens is 184 g/mol. The van der Waals surface area contributed by atoms with Crippen LogP contribution in [0, 0.1) is 0 Å². The maximum absolute atomic E-state index is 11.0. The second kappa shape index (κ2) is 3.65. The molecule has 2 N–H and O–H groups in total. The Kier molecular flexibility index (Phi) is 2.34. The molecular formula is C8H12N4O2. The fourth-order valence-electron chi connectivity index (χ4n) is 1.65. The van der Waals surface area contributed by atoms with E-state index < -0.39 is 5.91 Å². The molecule has 0 saturated carbocycles. The van der Waals surface area contributed by atoms with E-state index in [0.29, 0.717) is 5.88 Å². The average molecular weight is 196 g/mol. The molecule has 1 amide bonds. The molecule has 1 aromatic heterocycles. The van der Waals surface area contributed by atoms with Crippen molar-refractivity contribution in [2.75, 3.05) is 18.0 Å². The second-order valence-electron chi connectivity index (χ2n) is 3.34. The zero-order valence-electron chi connectivity index (χ0n) is 7.77. The molecule has 1 aromatic rings. The minimum Gasteiger partial charge on any atom is -0.364 e. The first-order valence-electron chi connectivity index (χ1n) is 4.66. The third-order valence-electron chi connectivity index (χ3n) is 2.35. The fraction of sp³-hybridized carbons (Fsp3) is 0.625. The van der Waals surface area contributed by atoms with Crippen molar-refractivity contribution >= 4 is 11.8 Å². The van der Waals surface area contributed by atoms with Crippen LogP contribution < -0.4 is 10.6 Å². The Morgan fingerprint density at radius 3 is 2.71 bits per heavy atom. The van der Waals surface area contributed by atoms with E-state index in [1.807, 2.05) is 4.90 Å². The lowest BCUT2D eigenvalue weighted by atomic mass is 10.1. The molecule has 76 valence electrons. The first-order chi connectivity index (χ1) is 6.79. The van der Waals surface area contributed by atoms with E-state index in [2.05, 4.69) is 10.4 Å². The van der Waals surface area contributed by atoms with Gasteiger partial charge in [0.15, 0.2) is 0 Å². The van der Waals surface area contributed by atoms with Gasteiger partial charge in [0.05, 0.1) is 0 Å². The van der Waals surface area contributed by atoms with Crippen LogP contribution in [0.4, 0.5) is 5.88 Å². The summed E-state index contributed by atoms with van der Waals surface area (Å²) in [7, 11) is 0. The molecule has 0 spiro atoms. The summed E-state index contributed by atoms with van der Waals surface area (Å²) < 4.78 is 4.93. The Morgan fingerprint density at radius 1 is 1.36 bits per heavy atom. The number of aromatic nitrogens is 2.